The summed E-state index contributed by atoms with van der Waals surface area (Å²) >= 11 is 1.82. The minimum atomic E-state index is 0.918. The molecular weight excluding hydrogens is 304 g/mol. The van der Waals surface area contributed by atoms with Gasteiger partial charge in [0, 0.05) is 39.8 Å². The summed E-state index contributed by atoms with van der Waals surface area (Å²) in [6.45, 7) is 5.06. The van der Waals surface area contributed by atoms with Gasteiger partial charge in [0.25, 0.3) is 0 Å². The Labute approximate surface area is 142 Å². The molecule has 0 radical (unpaired) electrons. The average molecular weight is 328 g/mol. The minimum absolute atomic E-state index is 0.918. The van der Waals surface area contributed by atoms with Crippen molar-refractivity contribution in [3.8, 4) is 0 Å². The van der Waals surface area contributed by atoms with E-state index < -0.39 is 0 Å². The van der Waals surface area contributed by atoms with Gasteiger partial charge in [0.1, 0.15) is 0 Å². The summed E-state index contributed by atoms with van der Waals surface area (Å²) in [4.78, 5) is 9.26. The molecule has 2 aromatic rings. The van der Waals surface area contributed by atoms with Crippen molar-refractivity contribution in [2.75, 3.05) is 44.7 Å². The molecular formula is C18H24N4S. The normalized spacial score (nSPS) is 15.8. The third-order valence-corrected chi connectivity index (χ3v) is 5.08. The van der Waals surface area contributed by atoms with E-state index in [1.54, 1.807) is 0 Å². The van der Waals surface area contributed by atoms with E-state index in [4.69, 9.17) is 0 Å². The van der Waals surface area contributed by atoms with Crippen molar-refractivity contribution < 1.29 is 0 Å². The van der Waals surface area contributed by atoms with Gasteiger partial charge in [0.15, 0.2) is 5.96 Å². The number of aliphatic imine (C=N–C) groups is 1. The van der Waals surface area contributed by atoms with Gasteiger partial charge in [-0.2, -0.15) is 0 Å². The van der Waals surface area contributed by atoms with E-state index in [9.17, 15) is 0 Å². The summed E-state index contributed by atoms with van der Waals surface area (Å²) in [6, 6.07) is 14.9. The minimum Gasteiger partial charge on any atom is -0.360 e. The lowest BCUT2D eigenvalue weighted by Crippen LogP contribution is -2.52. The molecule has 0 aliphatic carbocycles. The molecule has 122 valence electrons. The van der Waals surface area contributed by atoms with Crippen LogP contribution in [0, 0.1) is 0 Å². The molecule has 1 aliphatic rings. The lowest BCUT2D eigenvalue weighted by molar-refractivity contribution is 0.374. The van der Waals surface area contributed by atoms with E-state index in [0.717, 1.165) is 45.1 Å². The Morgan fingerprint density at radius 3 is 2.52 bits per heavy atom. The summed E-state index contributed by atoms with van der Waals surface area (Å²) in [5.74, 6) is 1.02. The molecule has 0 spiro atoms. The van der Waals surface area contributed by atoms with Crippen LogP contribution in [0.25, 0.3) is 0 Å². The molecule has 1 fully saturated rings. The van der Waals surface area contributed by atoms with Gasteiger partial charge in [-0.1, -0.05) is 30.3 Å². The predicted octanol–water partition coefficient (Wildman–Crippen LogP) is 2.69. The van der Waals surface area contributed by atoms with Crippen molar-refractivity contribution in [2.45, 2.75) is 6.42 Å². The van der Waals surface area contributed by atoms with Crippen molar-refractivity contribution in [1.82, 2.24) is 10.2 Å². The fourth-order valence-corrected chi connectivity index (χ4v) is 3.67. The number of piperazine rings is 1. The molecule has 0 bridgehead atoms. The van der Waals surface area contributed by atoms with Gasteiger partial charge in [0.2, 0.25) is 0 Å². The molecule has 4 nitrogen and oxygen atoms in total. The molecule has 0 saturated carbocycles. The van der Waals surface area contributed by atoms with Crippen molar-refractivity contribution in [2.24, 2.45) is 4.99 Å². The maximum Gasteiger partial charge on any atom is 0.193 e. The van der Waals surface area contributed by atoms with E-state index in [1.165, 1.54) is 10.6 Å². The molecule has 1 saturated heterocycles. The molecule has 0 amide bonds. The zero-order valence-corrected chi connectivity index (χ0v) is 14.4. The number of benzene rings is 1. The molecule has 1 N–H and O–H groups in total. The Bertz CT molecular complexity index is 601. The van der Waals surface area contributed by atoms with Crippen LogP contribution in [0.2, 0.25) is 0 Å². The van der Waals surface area contributed by atoms with E-state index in [1.807, 2.05) is 18.4 Å². The second kappa shape index (κ2) is 8.02. The molecule has 2 heterocycles. The Hall–Kier alpha value is -2.01. The first-order valence-electron chi connectivity index (χ1n) is 8.15. The zero-order chi connectivity index (χ0) is 15.9. The van der Waals surface area contributed by atoms with Gasteiger partial charge in [-0.3, -0.25) is 4.99 Å². The SMILES string of the molecule is CN=C(NCCc1ccccc1)N1CCN(c2cccs2)CC1. The number of hydrogen-bond donors (Lipinski definition) is 1. The predicted molar refractivity (Wildman–Crippen MR) is 99.6 cm³/mol. The van der Waals surface area contributed by atoms with Crippen LogP contribution in [0.5, 0.6) is 0 Å². The fraction of sp³-hybridized carbons (Fsp3) is 0.389. The lowest BCUT2D eigenvalue weighted by atomic mass is 10.1. The monoisotopic (exact) mass is 328 g/mol. The number of anilines is 1. The Balaban J connectivity index is 1.46. The van der Waals surface area contributed by atoms with Gasteiger partial charge >= 0.3 is 0 Å². The summed E-state index contributed by atoms with van der Waals surface area (Å²) in [7, 11) is 1.87. The third kappa shape index (κ3) is 4.26. The molecule has 1 aromatic carbocycles. The van der Waals surface area contributed by atoms with Crippen LogP contribution in [0.3, 0.4) is 0 Å². The third-order valence-electron chi connectivity index (χ3n) is 4.15. The highest BCUT2D eigenvalue weighted by molar-refractivity contribution is 7.14. The van der Waals surface area contributed by atoms with Crippen molar-refractivity contribution >= 4 is 22.3 Å². The van der Waals surface area contributed by atoms with Crippen LogP contribution in [0.1, 0.15) is 5.56 Å². The highest BCUT2D eigenvalue weighted by Crippen LogP contribution is 2.22. The van der Waals surface area contributed by atoms with Crippen LogP contribution in [0.4, 0.5) is 5.00 Å². The molecule has 3 rings (SSSR count). The summed E-state index contributed by atoms with van der Waals surface area (Å²) in [6.07, 6.45) is 1.02. The van der Waals surface area contributed by atoms with Crippen LogP contribution < -0.4 is 10.2 Å². The first-order valence-corrected chi connectivity index (χ1v) is 9.03. The highest BCUT2D eigenvalue weighted by atomic mass is 32.1. The average Bonchev–Trinajstić information content (AvgIpc) is 3.15. The van der Waals surface area contributed by atoms with Gasteiger partial charge in [-0.25, -0.2) is 0 Å². The summed E-state index contributed by atoms with van der Waals surface area (Å²) in [5, 5.41) is 7.01. The largest absolute Gasteiger partial charge is 0.360 e. The second-order valence-electron chi connectivity index (χ2n) is 5.63. The smallest absolute Gasteiger partial charge is 0.193 e. The van der Waals surface area contributed by atoms with E-state index in [2.05, 4.69) is 68.0 Å². The van der Waals surface area contributed by atoms with Crippen LogP contribution in [-0.2, 0) is 6.42 Å². The van der Waals surface area contributed by atoms with Gasteiger partial charge in [-0.15, -0.1) is 11.3 Å². The molecule has 0 atom stereocenters. The number of rotatable bonds is 4. The number of nitrogens with zero attached hydrogens (tertiary/aromatic N) is 3. The van der Waals surface area contributed by atoms with Crippen molar-refractivity contribution in [3.05, 3.63) is 53.4 Å². The van der Waals surface area contributed by atoms with E-state index in [-0.39, 0.29) is 0 Å². The number of thiophene rings is 1. The molecule has 0 unspecified atom stereocenters. The molecule has 1 aliphatic heterocycles. The van der Waals surface area contributed by atoms with Gasteiger partial charge in [0.05, 0.1) is 5.00 Å². The maximum absolute atomic E-state index is 4.45. The van der Waals surface area contributed by atoms with Crippen molar-refractivity contribution in [1.29, 1.82) is 0 Å². The van der Waals surface area contributed by atoms with E-state index in [0.29, 0.717) is 0 Å². The highest BCUT2D eigenvalue weighted by Gasteiger charge is 2.19. The number of hydrogen-bond acceptors (Lipinski definition) is 3. The summed E-state index contributed by atoms with van der Waals surface area (Å²) in [5.41, 5.74) is 1.36. The van der Waals surface area contributed by atoms with Crippen LogP contribution in [0.15, 0.2) is 52.8 Å². The second-order valence-corrected chi connectivity index (χ2v) is 6.56. The number of nitrogens with one attached hydrogen (secondary N) is 1. The first-order chi connectivity index (χ1) is 11.4. The Morgan fingerprint density at radius 2 is 1.87 bits per heavy atom. The fourth-order valence-electron chi connectivity index (χ4n) is 2.88. The van der Waals surface area contributed by atoms with E-state index >= 15 is 0 Å². The Morgan fingerprint density at radius 1 is 1.09 bits per heavy atom. The lowest BCUT2D eigenvalue weighted by Gasteiger charge is -2.37. The van der Waals surface area contributed by atoms with Gasteiger partial charge < -0.3 is 15.1 Å². The standard InChI is InChI=1S/C18H24N4S/c1-19-18(20-10-9-16-6-3-2-4-7-16)22-13-11-21(12-14-22)17-8-5-15-23-17/h2-8,15H,9-14H2,1H3,(H,19,20). The topological polar surface area (TPSA) is 30.9 Å². The molecule has 23 heavy (non-hydrogen) atoms. The summed E-state index contributed by atoms with van der Waals surface area (Å²) < 4.78 is 0. The molecule has 1 aromatic heterocycles. The maximum atomic E-state index is 4.45. The van der Waals surface area contributed by atoms with Crippen LogP contribution in [-0.4, -0.2) is 50.6 Å². The van der Waals surface area contributed by atoms with Crippen LogP contribution >= 0.6 is 11.3 Å². The molecule has 5 heteroatoms. The first kappa shape index (κ1) is 15.9. The number of guanidine groups is 1. The van der Waals surface area contributed by atoms with Crippen molar-refractivity contribution in [3.63, 3.8) is 0 Å². The van der Waals surface area contributed by atoms with Gasteiger partial charge in [-0.05, 0) is 29.5 Å². The Kier molecular flexibility index (Phi) is 5.53. The quantitative estimate of drug-likeness (QED) is 0.691. The zero-order valence-electron chi connectivity index (χ0n) is 13.6.